The SMILES string of the molecule is Cc1oc(=O)cc2c1[nH]c1ccc(Br)cc12. The maximum atomic E-state index is 11.3. The van der Waals surface area contributed by atoms with Crippen LogP contribution in [0, 0.1) is 6.92 Å². The molecule has 0 aliphatic rings. The predicted molar refractivity (Wildman–Crippen MR) is 66.8 cm³/mol. The number of aromatic amines is 1. The number of aromatic nitrogens is 1. The van der Waals surface area contributed by atoms with Crippen LogP contribution in [0.2, 0.25) is 0 Å². The van der Waals surface area contributed by atoms with Crippen LogP contribution in [0.3, 0.4) is 0 Å². The second-order valence-corrected chi connectivity index (χ2v) is 4.64. The van der Waals surface area contributed by atoms with E-state index in [1.54, 1.807) is 6.92 Å². The number of H-pyrrole nitrogens is 1. The normalized spacial score (nSPS) is 11.4. The fraction of sp³-hybridized carbons (Fsp3) is 0.0833. The topological polar surface area (TPSA) is 46.0 Å². The number of hydrogen-bond acceptors (Lipinski definition) is 2. The number of hydrogen-bond donors (Lipinski definition) is 1. The van der Waals surface area contributed by atoms with Crippen molar-refractivity contribution in [1.82, 2.24) is 4.98 Å². The lowest BCUT2D eigenvalue weighted by Gasteiger charge is -1.93. The predicted octanol–water partition coefficient (Wildman–Crippen LogP) is 3.35. The van der Waals surface area contributed by atoms with E-state index in [0.29, 0.717) is 5.76 Å². The summed E-state index contributed by atoms with van der Waals surface area (Å²) in [6, 6.07) is 7.45. The quantitative estimate of drug-likeness (QED) is 0.685. The highest BCUT2D eigenvalue weighted by atomic mass is 79.9. The van der Waals surface area contributed by atoms with Crippen LogP contribution in [0.5, 0.6) is 0 Å². The molecule has 0 unspecified atom stereocenters. The van der Waals surface area contributed by atoms with Crippen LogP contribution < -0.4 is 5.63 Å². The van der Waals surface area contributed by atoms with E-state index in [9.17, 15) is 4.79 Å². The summed E-state index contributed by atoms with van der Waals surface area (Å²) in [5.41, 5.74) is 1.57. The summed E-state index contributed by atoms with van der Waals surface area (Å²) >= 11 is 3.42. The van der Waals surface area contributed by atoms with Gasteiger partial charge < -0.3 is 9.40 Å². The first-order valence-electron chi connectivity index (χ1n) is 4.87. The molecule has 0 aliphatic carbocycles. The standard InChI is InChI=1S/C12H8BrNO2/c1-6-12-9(5-11(15)16-6)8-4-7(13)2-3-10(8)14-12/h2-5,14H,1H3. The summed E-state index contributed by atoms with van der Waals surface area (Å²) in [6.45, 7) is 1.79. The molecule has 16 heavy (non-hydrogen) atoms. The number of halogens is 1. The third-order valence-electron chi connectivity index (χ3n) is 2.67. The molecule has 80 valence electrons. The van der Waals surface area contributed by atoms with E-state index in [0.717, 1.165) is 26.3 Å². The Morgan fingerprint density at radius 3 is 2.88 bits per heavy atom. The van der Waals surface area contributed by atoms with Gasteiger partial charge in [-0.2, -0.15) is 0 Å². The molecule has 3 rings (SSSR count). The number of nitrogens with one attached hydrogen (secondary N) is 1. The van der Waals surface area contributed by atoms with Crippen molar-refractivity contribution in [2.24, 2.45) is 0 Å². The zero-order chi connectivity index (χ0) is 11.3. The molecule has 0 aliphatic heterocycles. The molecule has 4 heteroatoms. The number of benzene rings is 1. The van der Waals surface area contributed by atoms with Gasteiger partial charge in [-0.05, 0) is 25.1 Å². The Morgan fingerprint density at radius 1 is 1.25 bits per heavy atom. The molecular formula is C12H8BrNO2. The third kappa shape index (κ3) is 1.30. The number of aryl methyl sites for hydroxylation is 1. The van der Waals surface area contributed by atoms with Crippen LogP contribution in [-0.2, 0) is 0 Å². The molecule has 2 heterocycles. The molecule has 0 amide bonds. The molecular weight excluding hydrogens is 270 g/mol. The van der Waals surface area contributed by atoms with E-state index in [1.807, 2.05) is 18.2 Å². The van der Waals surface area contributed by atoms with Gasteiger partial charge in [0.2, 0.25) is 0 Å². The van der Waals surface area contributed by atoms with Crippen molar-refractivity contribution >= 4 is 37.7 Å². The summed E-state index contributed by atoms with van der Waals surface area (Å²) in [7, 11) is 0. The summed E-state index contributed by atoms with van der Waals surface area (Å²) in [5, 5.41) is 1.94. The minimum atomic E-state index is -0.314. The molecule has 0 spiro atoms. The lowest BCUT2D eigenvalue weighted by molar-refractivity contribution is 0.487. The van der Waals surface area contributed by atoms with E-state index in [4.69, 9.17) is 4.42 Å². The minimum absolute atomic E-state index is 0.314. The highest BCUT2D eigenvalue weighted by Crippen LogP contribution is 2.28. The monoisotopic (exact) mass is 277 g/mol. The zero-order valence-corrected chi connectivity index (χ0v) is 10.1. The second-order valence-electron chi connectivity index (χ2n) is 3.73. The van der Waals surface area contributed by atoms with Crippen LogP contribution in [0.25, 0.3) is 21.8 Å². The van der Waals surface area contributed by atoms with Crippen LogP contribution in [0.15, 0.2) is 37.9 Å². The average molecular weight is 278 g/mol. The van der Waals surface area contributed by atoms with Gasteiger partial charge in [-0.15, -0.1) is 0 Å². The molecule has 0 bridgehead atoms. The first-order valence-corrected chi connectivity index (χ1v) is 5.66. The van der Waals surface area contributed by atoms with E-state index in [-0.39, 0.29) is 5.63 Å². The summed E-state index contributed by atoms with van der Waals surface area (Å²) in [5.74, 6) is 0.620. The summed E-state index contributed by atoms with van der Waals surface area (Å²) in [4.78, 5) is 14.6. The Kier molecular flexibility index (Phi) is 1.94. The van der Waals surface area contributed by atoms with Gasteiger partial charge in [0.25, 0.3) is 0 Å². The molecule has 0 atom stereocenters. The fourth-order valence-electron chi connectivity index (χ4n) is 1.96. The van der Waals surface area contributed by atoms with Crippen LogP contribution in [-0.4, -0.2) is 4.98 Å². The molecule has 3 nitrogen and oxygen atoms in total. The lowest BCUT2D eigenvalue weighted by atomic mass is 10.2. The largest absolute Gasteiger partial charge is 0.426 e. The molecule has 0 saturated carbocycles. The van der Waals surface area contributed by atoms with Crippen molar-refractivity contribution in [1.29, 1.82) is 0 Å². The summed E-state index contributed by atoms with van der Waals surface area (Å²) < 4.78 is 6.04. The maximum absolute atomic E-state index is 11.3. The van der Waals surface area contributed by atoms with Crippen molar-refractivity contribution in [2.75, 3.05) is 0 Å². The van der Waals surface area contributed by atoms with Gasteiger partial charge in [-0.1, -0.05) is 15.9 Å². The molecule has 3 aromatic rings. The highest BCUT2D eigenvalue weighted by molar-refractivity contribution is 9.10. The van der Waals surface area contributed by atoms with Gasteiger partial charge in [0.1, 0.15) is 5.76 Å². The molecule has 0 saturated heterocycles. The molecule has 2 aromatic heterocycles. The Labute approximate surface area is 99.2 Å². The molecule has 0 radical (unpaired) electrons. The smallest absolute Gasteiger partial charge is 0.336 e. The van der Waals surface area contributed by atoms with E-state index in [2.05, 4.69) is 20.9 Å². The maximum Gasteiger partial charge on any atom is 0.336 e. The van der Waals surface area contributed by atoms with Gasteiger partial charge in [0.05, 0.1) is 5.52 Å². The van der Waals surface area contributed by atoms with Crippen molar-refractivity contribution in [2.45, 2.75) is 6.92 Å². The van der Waals surface area contributed by atoms with Gasteiger partial charge in [0.15, 0.2) is 0 Å². The molecule has 0 fully saturated rings. The van der Waals surface area contributed by atoms with Crippen molar-refractivity contribution in [3.05, 3.63) is 44.9 Å². The van der Waals surface area contributed by atoms with Crippen LogP contribution in [0.1, 0.15) is 5.76 Å². The van der Waals surface area contributed by atoms with Crippen LogP contribution in [0.4, 0.5) is 0 Å². The van der Waals surface area contributed by atoms with Crippen molar-refractivity contribution in [3.63, 3.8) is 0 Å². The number of rotatable bonds is 0. The fourth-order valence-corrected chi connectivity index (χ4v) is 2.32. The Hall–Kier alpha value is -1.55. The molecule has 1 aromatic carbocycles. The highest BCUT2D eigenvalue weighted by Gasteiger charge is 2.08. The van der Waals surface area contributed by atoms with Gasteiger partial charge in [0, 0.05) is 26.8 Å². The van der Waals surface area contributed by atoms with Crippen molar-refractivity contribution in [3.8, 4) is 0 Å². The second kappa shape index (κ2) is 3.22. The van der Waals surface area contributed by atoms with E-state index in [1.165, 1.54) is 6.07 Å². The van der Waals surface area contributed by atoms with Crippen LogP contribution >= 0.6 is 15.9 Å². The zero-order valence-electron chi connectivity index (χ0n) is 8.50. The minimum Gasteiger partial charge on any atom is -0.426 e. The number of fused-ring (bicyclic) bond motifs is 3. The summed E-state index contributed by atoms with van der Waals surface area (Å²) in [6.07, 6.45) is 0. The Balaban J connectivity index is 2.62. The first-order chi connectivity index (χ1) is 7.65. The van der Waals surface area contributed by atoms with Gasteiger partial charge >= 0.3 is 5.63 Å². The molecule has 1 N–H and O–H groups in total. The third-order valence-corrected chi connectivity index (χ3v) is 3.16. The van der Waals surface area contributed by atoms with E-state index < -0.39 is 0 Å². The van der Waals surface area contributed by atoms with Gasteiger partial charge in [-0.3, -0.25) is 0 Å². The lowest BCUT2D eigenvalue weighted by Crippen LogP contribution is -1.96. The van der Waals surface area contributed by atoms with Crippen molar-refractivity contribution < 1.29 is 4.42 Å². The first kappa shape index (κ1) is 9.66. The average Bonchev–Trinajstić information content (AvgIpc) is 2.57. The Bertz CT molecular complexity index is 755. The van der Waals surface area contributed by atoms with E-state index >= 15 is 0 Å². The Morgan fingerprint density at radius 2 is 2.06 bits per heavy atom. The van der Waals surface area contributed by atoms with Gasteiger partial charge in [-0.25, -0.2) is 4.79 Å².